The summed E-state index contributed by atoms with van der Waals surface area (Å²) in [6, 6.07) is 5.07. The number of methoxy groups -OCH3 is 1. The SMILES string of the molecule is COc1cc(N)ccc1OCCN(C(=O)O)C(C)(C)C. The maximum atomic E-state index is 11.2. The standard InChI is InChI=1S/C14H22N2O4/c1-14(2,3)16(13(17)18)7-8-20-11-6-5-10(15)9-12(11)19-4/h5-6,9H,7-8,15H2,1-4H3,(H,17,18). The highest BCUT2D eigenvalue weighted by Gasteiger charge is 2.25. The first-order chi connectivity index (χ1) is 9.25. The van der Waals surface area contributed by atoms with E-state index in [9.17, 15) is 9.90 Å². The van der Waals surface area contributed by atoms with Crippen molar-refractivity contribution in [3.05, 3.63) is 18.2 Å². The van der Waals surface area contributed by atoms with Crippen molar-refractivity contribution in [2.45, 2.75) is 26.3 Å². The third kappa shape index (κ3) is 4.22. The van der Waals surface area contributed by atoms with E-state index in [0.29, 0.717) is 17.2 Å². The number of anilines is 1. The highest BCUT2D eigenvalue weighted by molar-refractivity contribution is 5.66. The quantitative estimate of drug-likeness (QED) is 0.810. The Kier molecular flexibility index (Phi) is 5.07. The van der Waals surface area contributed by atoms with E-state index in [1.807, 2.05) is 20.8 Å². The van der Waals surface area contributed by atoms with Crippen molar-refractivity contribution in [2.75, 3.05) is 26.0 Å². The van der Waals surface area contributed by atoms with Crippen LogP contribution >= 0.6 is 0 Å². The van der Waals surface area contributed by atoms with Crippen LogP contribution in [0.5, 0.6) is 11.5 Å². The minimum atomic E-state index is -0.967. The third-order valence-corrected chi connectivity index (χ3v) is 2.80. The zero-order chi connectivity index (χ0) is 15.3. The molecule has 0 radical (unpaired) electrons. The number of hydrogen-bond acceptors (Lipinski definition) is 4. The monoisotopic (exact) mass is 282 g/mol. The predicted molar refractivity (Wildman–Crippen MR) is 77.4 cm³/mol. The van der Waals surface area contributed by atoms with Crippen LogP contribution in [0.4, 0.5) is 10.5 Å². The van der Waals surface area contributed by atoms with Crippen molar-refractivity contribution in [3.8, 4) is 11.5 Å². The van der Waals surface area contributed by atoms with E-state index in [0.717, 1.165) is 0 Å². The summed E-state index contributed by atoms with van der Waals surface area (Å²) in [5.74, 6) is 1.07. The number of ether oxygens (including phenoxy) is 2. The number of nitrogen functional groups attached to an aromatic ring is 1. The number of nitrogens with two attached hydrogens (primary N) is 1. The first-order valence-electron chi connectivity index (χ1n) is 6.32. The van der Waals surface area contributed by atoms with Crippen molar-refractivity contribution in [1.82, 2.24) is 4.90 Å². The molecule has 0 heterocycles. The van der Waals surface area contributed by atoms with Gasteiger partial charge in [0, 0.05) is 17.3 Å². The van der Waals surface area contributed by atoms with Gasteiger partial charge < -0.3 is 25.2 Å². The number of nitrogens with zero attached hydrogens (tertiary/aromatic N) is 1. The second-order valence-electron chi connectivity index (χ2n) is 5.36. The van der Waals surface area contributed by atoms with E-state index in [1.54, 1.807) is 18.2 Å². The smallest absolute Gasteiger partial charge is 0.407 e. The third-order valence-electron chi connectivity index (χ3n) is 2.80. The molecule has 0 bridgehead atoms. The van der Waals surface area contributed by atoms with Crippen LogP contribution in [0.2, 0.25) is 0 Å². The summed E-state index contributed by atoms with van der Waals surface area (Å²) in [4.78, 5) is 12.5. The number of rotatable bonds is 5. The lowest BCUT2D eigenvalue weighted by atomic mass is 10.1. The molecule has 1 amide bonds. The van der Waals surface area contributed by atoms with Gasteiger partial charge in [0.15, 0.2) is 11.5 Å². The van der Waals surface area contributed by atoms with Gasteiger partial charge in [-0.15, -0.1) is 0 Å². The molecule has 0 aromatic heterocycles. The van der Waals surface area contributed by atoms with E-state index < -0.39 is 11.6 Å². The number of hydrogen-bond donors (Lipinski definition) is 2. The highest BCUT2D eigenvalue weighted by atomic mass is 16.5. The summed E-state index contributed by atoms with van der Waals surface area (Å²) >= 11 is 0. The summed E-state index contributed by atoms with van der Waals surface area (Å²) in [6.07, 6.45) is -0.967. The molecule has 0 unspecified atom stereocenters. The average molecular weight is 282 g/mol. The lowest BCUT2D eigenvalue weighted by molar-refractivity contribution is 0.0888. The summed E-state index contributed by atoms with van der Waals surface area (Å²) < 4.78 is 10.7. The van der Waals surface area contributed by atoms with Crippen molar-refractivity contribution in [2.24, 2.45) is 0 Å². The Hall–Kier alpha value is -2.11. The largest absolute Gasteiger partial charge is 0.493 e. The Morgan fingerprint density at radius 1 is 1.35 bits per heavy atom. The Bertz CT molecular complexity index is 469. The van der Waals surface area contributed by atoms with Gasteiger partial charge >= 0.3 is 6.09 Å². The minimum absolute atomic E-state index is 0.240. The fourth-order valence-corrected chi connectivity index (χ4v) is 1.77. The van der Waals surface area contributed by atoms with Gasteiger partial charge in [-0.2, -0.15) is 0 Å². The molecule has 0 saturated carbocycles. The molecule has 0 spiro atoms. The van der Waals surface area contributed by atoms with Crippen LogP contribution in [0.15, 0.2) is 18.2 Å². The van der Waals surface area contributed by atoms with Crippen molar-refractivity contribution in [1.29, 1.82) is 0 Å². The molecule has 1 aromatic carbocycles. The Balaban J connectivity index is 2.66. The highest BCUT2D eigenvalue weighted by Crippen LogP contribution is 2.29. The molecule has 3 N–H and O–H groups in total. The Morgan fingerprint density at radius 2 is 2.00 bits per heavy atom. The molecular weight excluding hydrogens is 260 g/mol. The van der Waals surface area contributed by atoms with Crippen LogP contribution in [0.1, 0.15) is 20.8 Å². The van der Waals surface area contributed by atoms with E-state index in [-0.39, 0.29) is 13.2 Å². The van der Waals surface area contributed by atoms with Gasteiger partial charge in [-0.3, -0.25) is 0 Å². The summed E-state index contributed by atoms with van der Waals surface area (Å²) in [5, 5.41) is 9.17. The number of carbonyl (C=O) groups is 1. The molecular formula is C14H22N2O4. The minimum Gasteiger partial charge on any atom is -0.493 e. The number of benzene rings is 1. The molecule has 20 heavy (non-hydrogen) atoms. The molecule has 0 aliphatic rings. The summed E-state index contributed by atoms with van der Waals surface area (Å²) in [5.41, 5.74) is 5.76. The predicted octanol–water partition coefficient (Wildman–Crippen LogP) is 2.43. The lowest BCUT2D eigenvalue weighted by Crippen LogP contribution is -2.46. The average Bonchev–Trinajstić information content (AvgIpc) is 2.33. The number of amides is 1. The molecule has 112 valence electrons. The maximum Gasteiger partial charge on any atom is 0.407 e. The molecule has 0 aliphatic carbocycles. The normalized spacial score (nSPS) is 11.0. The van der Waals surface area contributed by atoms with Gasteiger partial charge in [0.25, 0.3) is 0 Å². The molecule has 6 nitrogen and oxygen atoms in total. The summed E-state index contributed by atoms with van der Waals surface area (Å²) in [7, 11) is 1.53. The molecule has 0 atom stereocenters. The van der Waals surface area contributed by atoms with E-state index >= 15 is 0 Å². The van der Waals surface area contributed by atoms with Crippen LogP contribution in [0.3, 0.4) is 0 Å². The fourth-order valence-electron chi connectivity index (χ4n) is 1.77. The van der Waals surface area contributed by atoms with Gasteiger partial charge in [-0.05, 0) is 32.9 Å². The van der Waals surface area contributed by atoms with Crippen LogP contribution in [-0.2, 0) is 0 Å². The van der Waals surface area contributed by atoms with E-state index in [4.69, 9.17) is 15.2 Å². The molecule has 0 fully saturated rings. The first-order valence-corrected chi connectivity index (χ1v) is 6.32. The van der Waals surface area contributed by atoms with Gasteiger partial charge in [-0.25, -0.2) is 4.79 Å². The fraction of sp³-hybridized carbons (Fsp3) is 0.500. The van der Waals surface area contributed by atoms with Gasteiger partial charge in [-0.1, -0.05) is 0 Å². The van der Waals surface area contributed by atoms with Crippen molar-refractivity contribution in [3.63, 3.8) is 0 Å². The molecule has 1 rings (SSSR count). The zero-order valence-electron chi connectivity index (χ0n) is 12.3. The van der Waals surface area contributed by atoms with Gasteiger partial charge in [0.05, 0.1) is 13.7 Å². The summed E-state index contributed by atoms with van der Waals surface area (Å²) in [6.45, 7) is 6.02. The molecule has 0 aliphatic heterocycles. The van der Waals surface area contributed by atoms with Crippen LogP contribution in [0.25, 0.3) is 0 Å². The van der Waals surface area contributed by atoms with Crippen molar-refractivity contribution < 1.29 is 19.4 Å². The van der Waals surface area contributed by atoms with Crippen molar-refractivity contribution >= 4 is 11.8 Å². The molecule has 6 heteroatoms. The first kappa shape index (κ1) is 15.9. The molecule has 0 saturated heterocycles. The Morgan fingerprint density at radius 3 is 2.50 bits per heavy atom. The topological polar surface area (TPSA) is 85.0 Å². The zero-order valence-corrected chi connectivity index (χ0v) is 12.3. The van der Waals surface area contributed by atoms with Gasteiger partial charge in [0.1, 0.15) is 6.61 Å². The number of carboxylic acid groups (broad SMARTS) is 1. The van der Waals surface area contributed by atoms with Crippen LogP contribution in [0, 0.1) is 0 Å². The van der Waals surface area contributed by atoms with Crippen LogP contribution < -0.4 is 15.2 Å². The molecule has 1 aromatic rings. The van der Waals surface area contributed by atoms with Gasteiger partial charge in [0.2, 0.25) is 0 Å². The second kappa shape index (κ2) is 6.36. The Labute approximate surface area is 119 Å². The van der Waals surface area contributed by atoms with E-state index in [1.165, 1.54) is 12.0 Å². The lowest BCUT2D eigenvalue weighted by Gasteiger charge is -2.33. The second-order valence-corrected chi connectivity index (χ2v) is 5.36. The van der Waals surface area contributed by atoms with Crippen LogP contribution in [-0.4, -0.2) is 41.9 Å². The maximum absolute atomic E-state index is 11.2. The van der Waals surface area contributed by atoms with E-state index in [2.05, 4.69) is 0 Å².